The fourth-order valence-corrected chi connectivity index (χ4v) is 2.77. The molecular weight excluding hydrogens is 368 g/mol. The minimum atomic E-state index is 0. The van der Waals surface area contributed by atoms with E-state index in [0.29, 0.717) is 5.56 Å². The number of carbonyl (C=O) groups excluding carboxylic acids is 1. The lowest BCUT2D eigenvalue weighted by atomic mass is 10.2. The summed E-state index contributed by atoms with van der Waals surface area (Å²) in [6.45, 7) is 1.84. The van der Waals surface area contributed by atoms with Crippen molar-refractivity contribution in [2.75, 3.05) is 20.1 Å². The zero-order chi connectivity index (χ0) is 14.8. The Labute approximate surface area is 144 Å². The smallest absolute Gasteiger partial charge is 0.257 e. The Morgan fingerprint density at radius 2 is 2.14 bits per heavy atom. The Hall–Kier alpha value is -1.37. The molecule has 2 aromatic rings. The number of carbonyl (C=O) groups is 1. The highest BCUT2D eigenvalue weighted by Gasteiger charge is 2.24. The van der Waals surface area contributed by atoms with Crippen molar-refractivity contribution in [3.63, 3.8) is 0 Å². The Bertz CT molecular complexity index is 637. The van der Waals surface area contributed by atoms with Gasteiger partial charge in [0.05, 0.1) is 17.4 Å². The van der Waals surface area contributed by atoms with E-state index >= 15 is 0 Å². The monoisotopic (exact) mass is 384 g/mol. The van der Waals surface area contributed by atoms with Crippen LogP contribution in [0.25, 0.3) is 5.69 Å². The second kappa shape index (κ2) is 7.26. The molecule has 0 spiro atoms. The van der Waals surface area contributed by atoms with Gasteiger partial charge in [0.25, 0.3) is 5.91 Å². The summed E-state index contributed by atoms with van der Waals surface area (Å²) in [7, 11) is 1.86. The van der Waals surface area contributed by atoms with Gasteiger partial charge < -0.3 is 10.2 Å². The highest BCUT2D eigenvalue weighted by Crippen LogP contribution is 2.15. The minimum Gasteiger partial charge on any atom is -0.337 e. The van der Waals surface area contributed by atoms with Crippen LogP contribution in [0, 0.1) is 0 Å². The van der Waals surface area contributed by atoms with E-state index in [2.05, 4.69) is 26.3 Å². The fraction of sp³-hybridized carbons (Fsp3) is 0.333. The molecule has 5 nitrogen and oxygen atoms in total. The minimum absolute atomic E-state index is 0. The van der Waals surface area contributed by atoms with Gasteiger partial charge in [0, 0.05) is 30.3 Å². The van der Waals surface area contributed by atoms with Crippen LogP contribution in [-0.2, 0) is 0 Å². The number of amides is 1. The second-order valence-electron chi connectivity index (χ2n) is 5.21. The van der Waals surface area contributed by atoms with Gasteiger partial charge in [-0.2, -0.15) is 5.10 Å². The lowest BCUT2D eigenvalue weighted by Gasteiger charge is -2.22. The van der Waals surface area contributed by atoms with Crippen LogP contribution < -0.4 is 5.32 Å². The average molecular weight is 386 g/mol. The largest absolute Gasteiger partial charge is 0.337 e. The molecule has 1 aliphatic heterocycles. The van der Waals surface area contributed by atoms with Gasteiger partial charge in [-0.25, -0.2) is 4.68 Å². The number of benzene rings is 1. The van der Waals surface area contributed by atoms with E-state index in [9.17, 15) is 4.79 Å². The third-order valence-electron chi connectivity index (χ3n) is 3.82. The zero-order valence-electron chi connectivity index (χ0n) is 12.2. The lowest BCUT2D eigenvalue weighted by molar-refractivity contribution is 0.0744. The van der Waals surface area contributed by atoms with Gasteiger partial charge in [-0.3, -0.25) is 4.79 Å². The summed E-state index contributed by atoms with van der Waals surface area (Å²) in [5.41, 5.74) is 1.55. The summed E-state index contributed by atoms with van der Waals surface area (Å²) in [4.78, 5) is 14.3. The molecule has 22 heavy (non-hydrogen) atoms. The normalized spacial score (nSPS) is 17.1. The topological polar surface area (TPSA) is 50.2 Å². The molecular formula is C15H18BrClN4O. The standard InChI is InChI=1S/C15H17BrN4O.ClH/c1-19(14-6-7-17-9-14)15(21)11-8-18-20(10-11)13-4-2-12(16)3-5-13;/h2-5,8,10,14,17H,6-7,9H2,1H3;1H. The molecule has 0 aliphatic carbocycles. The number of hydrogen-bond donors (Lipinski definition) is 1. The molecule has 1 aliphatic rings. The SMILES string of the molecule is CN(C(=O)c1cnn(-c2ccc(Br)cc2)c1)C1CCNC1.Cl. The molecule has 1 fully saturated rings. The van der Waals surface area contributed by atoms with Crippen molar-refractivity contribution >= 4 is 34.2 Å². The van der Waals surface area contributed by atoms with E-state index in [0.717, 1.165) is 29.7 Å². The van der Waals surface area contributed by atoms with Crippen molar-refractivity contribution in [1.29, 1.82) is 0 Å². The number of nitrogens with zero attached hydrogens (tertiary/aromatic N) is 3. The maximum Gasteiger partial charge on any atom is 0.257 e. The Morgan fingerprint density at radius 1 is 1.41 bits per heavy atom. The highest BCUT2D eigenvalue weighted by molar-refractivity contribution is 9.10. The van der Waals surface area contributed by atoms with E-state index in [1.54, 1.807) is 17.1 Å². The molecule has 0 radical (unpaired) electrons. The first-order valence-corrected chi connectivity index (χ1v) is 7.73. The number of likely N-dealkylation sites (N-methyl/N-ethyl adjacent to an activating group) is 1. The van der Waals surface area contributed by atoms with Gasteiger partial charge in [-0.15, -0.1) is 12.4 Å². The number of nitrogens with one attached hydrogen (secondary N) is 1. The van der Waals surface area contributed by atoms with Crippen molar-refractivity contribution in [2.24, 2.45) is 0 Å². The molecule has 1 unspecified atom stereocenters. The van der Waals surface area contributed by atoms with Gasteiger partial charge >= 0.3 is 0 Å². The van der Waals surface area contributed by atoms with Crippen LogP contribution in [0.1, 0.15) is 16.8 Å². The number of rotatable bonds is 3. The maximum absolute atomic E-state index is 12.5. The van der Waals surface area contributed by atoms with E-state index < -0.39 is 0 Å². The summed E-state index contributed by atoms with van der Waals surface area (Å²) >= 11 is 3.41. The molecule has 3 rings (SSSR count). The van der Waals surface area contributed by atoms with Crippen LogP contribution in [0.4, 0.5) is 0 Å². The van der Waals surface area contributed by atoms with Crippen molar-refractivity contribution in [2.45, 2.75) is 12.5 Å². The maximum atomic E-state index is 12.5. The summed E-state index contributed by atoms with van der Waals surface area (Å²) in [5, 5.41) is 7.56. The summed E-state index contributed by atoms with van der Waals surface area (Å²) in [6.07, 6.45) is 4.41. The van der Waals surface area contributed by atoms with Crippen LogP contribution in [0.15, 0.2) is 41.1 Å². The first-order valence-electron chi connectivity index (χ1n) is 6.93. The first-order chi connectivity index (χ1) is 10.1. The number of halogens is 2. The Balaban J connectivity index is 0.00000176. The van der Waals surface area contributed by atoms with Gasteiger partial charge in [-0.05, 0) is 37.2 Å². The van der Waals surface area contributed by atoms with Gasteiger partial charge in [0.1, 0.15) is 0 Å². The van der Waals surface area contributed by atoms with Crippen LogP contribution >= 0.6 is 28.3 Å². The molecule has 7 heteroatoms. The van der Waals surface area contributed by atoms with E-state index in [-0.39, 0.29) is 24.4 Å². The Kier molecular flexibility index (Phi) is 5.61. The molecule has 1 saturated heterocycles. The third kappa shape index (κ3) is 3.51. The summed E-state index contributed by atoms with van der Waals surface area (Å²) < 4.78 is 2.74. The summed E-state index contributed by atoms with van der Waals surface area (Å²) in [6, 6.07) is 8.09. The van der Waals surface area contributed by atoms with E-state index in [1.165, 1.54) is 0 Å². The van der Waals surface area contributed by atoms with Crippen molar-refractivity contribution in [1.82, 2.24) is 20.0 Å². The van der Waals surface area contributed by atoms with Crippen LogP contribution in [0.2, 0.25) is 0 Å². The Morgan fingerprint density at radius 3 is 2.77 bits per heavy atom. The van der Waals surface area contributed by atoms with E-state index in [1.807, 2.05) is 36.2 Å². The van der Waals surface area contributed by atoms with Gasteiger partial charge in [0.15, 0.2) is 0 Å². The van der Waals surface area contributed by atoms with Crippen LogP contribution in [0.5, 0.6) is 0 Å². The van der Waals surface area contributed by atoms with Crippen molar-refractivity contribution in [3.05, 3.63) is 46.7 Å². The first kappa shape index (κ1) is 17.0. The molecule has 1 amide bonds. The molecule has 1 atom stereocenters. The number of hydrogen-bond acceptors (Lipinski definition) is 3. The van der Waals surface area contributed by atoms with Crippen LogP contribution in [-0.4, -0.2) is 46.8 Å². The predicted molar refractivity (Wildman–Crippen MR) is 91.9 cm³/mol. The zero-order valence-corrected chi connectivity index (χ0v) is 14.6. The molecule has 1 aromatic heterocycles. The molecule has 0 saturated carbocycles. The van der Waals surface area contributed by atoms with Crippen LogP contribution in [0.3, 0.4) is 0 Å². The van der Waals surface area contributed by atoms with Crippen molar-refractivity contribution < 1.29 is 4.79 Å². The molecule has 1 aromatic carbocycles. The summed E-state index contributed by atoms with van der Waals surface area (Å²) in [5.74, 6) is 0.0204. The lowest BCUT2D eigenvalue weighted by Crippen LogP contribution is -2.38. The molecule has 1 N–H and O–H groups in total. The third-order valence-corrected chi connectivity index (χ3v) is 4.35. The van der Waals surface area contributed by atoms with Gasteiger partial charge in [-0.1, -0.05) is 15.9 Å². The quantitative estimate of drug-likeness (QED) is 0.883. The average Bonchev–Trinajstić information content (AvgIpc) is 3.18. The molecule has 0 bridgehead atoms. The molecule has 2 heterocycles. The predicted octanol–water partition coefficient (Wildman–Crippen LogP) is 2.49. The van der Waals surface area contributed by atoms with Crippen molar-refractivity contribution in [3.8, 4) is 5.69 Å². The fourth-order valence-electron chi connectivity index (χ4n) is 2.51. The van der Waals surface area contributed by atoms with E-state index in [4.69, 9.17) is 0 Å². The molecule has 118 valence electrons. The van der Waals surface area contributed by atoms with Gasteiger partial charge in [0.2, 0.25) is 0 Å². The highest BCUT2D eigenvalue weighted by atomic mass is 79.9. The second-order valence-corrected chi connectivity index (χ2v) is 6.13. The number of aromatic nitrogens is 2.